The van der Waals surface area contributed by atoms with Gasteiger partial charge in [-0.05, 0) is 50.3 Å². The molecular formula is C15H21N3. The van der Waals surface area contributed by atoms with Crippen molar-refractivity contribution in [3.63, 3.8) is 0 Å². The summed E-state index contributed by atoms with van der Waals surface area (Å²) in [7, 11) is 1.87. The Morgan fingerprint density at radius 1 is 1.11 bits per heavy atom. The number of hydrogen-bond donors (Lipinski definition) is 2. The van der Waals surface area contributed by atoms with E-state index in [-0.39, 0.29) is 0 Å². The first-order valence-electron chi connectivity index (χ1n) is 6.38. The Morgan fingerprint density at radius 3 is 2.33 bits per heavy atom. The average molecular weight is 243 g/mol. The van der Waals surface area contributed by atoms with Crippen LogP contribution in [0, 0.1) is 20.8 Å². The molecular weight excluding hydrogens is 222 g/mol. The number of nitrogens with zero attached hydrogens (tertiary/aromatic N) is 1. The number of rotatable bonds is 4. The van der Waals surface area contributed by atoms with Crippen molar-refractivity contribution in [2.75, 3.05) is 12.4 Å². The zero-order chi connectivity index (χ0) is 13.1. The van der Waals surface area contributed by atoms with Crippen molar-refractivity contribution in [1.82, 2.24) is 9.97 Å². The number of aryl methyl sites for hydroxylation is 4. The first-order chi connectivity index (χ1) is 8.60. The lowest BCUT2D eigenvalue weighted by Gasteiger charge is -2.10. The molecule has 3 nitrogen and oxygen atoms in total. The molecule has 0 saturated carbocycles. The molecule has 3 heteroatoms. The molecule has 0 fully saturated rings. The first kappa shape index (κ1) is 12.7. The molecule has 18 heavy (non-hydrogen) atoms. The minimum Gasteiger partial charge on any atom is -0.359 e. The molecule has 0 spiro atoms. The fraction of sp³-hybridized carbons (Fsp3) is 0.400. The van der Waals surface area contributed by atoms with E-state index in [4.69, 9.17) is 0 Å². The van der Waals surface area contributed by atoms with Crippen LogP contribution in [0.25, 0.3) is 0 Å². The lowest BCUT2D eigenvalue weighted by molar-refractivity contribution is 0.907. The normalized spacial score (nSPS) is 10.7. The number of H-pyrrole nitrogens is 1. The first-order valence-corrected chi connectivity index (χ1v) is 6.38. The molecule has 0 bridgehead atoms. The van der Waals surface area contributed by atoms with Crippen molar-refractivity contribution < 1.29 is 0 Å². The van der Waals surface area contributed by atoms with Gasteiger partial charge in [-0.2, -0.15) is 0 Å². The number of hydrogen-bond acceptors (Lipinski definition) is 2. The van der Waals surface area contributed by atoms with Gasteiger partial charge in [-0.3, -0.25) is 0 Å². The molecule has 1 aromatic heterocycles. The molecule has 1 heterocycles. The van der Waals surface area contributed by atoms with Crippen molar-refractivity contribution in [1.29, 1.82) is 0 Å². The van der Waals surface area contributed by atoms with Gasteiger partial charge in [0.2, 0.25) is 0 Å². The van der Waals surface area contributed by atoms with E-state index in [1.165, 1.54) is 27.9 Å². The van der Waals surface area contributed by atoms with Crippen LogP contribution < -0.4 is 5.32 Å². The molecule has 0 saturated heterocycles. The molecule has 96 valence electrons. The van der Waals surface area contributed by atoms with Crippen LogP contribution in [0.15, 0.2) is 18.3 Å². The highest BCUT2D eigenvalue weighted by atomic mass is 15.1. The molecule has 0 aliphatic carbocycles. The van der Waals surface area contributed by atoms with E-state index >= 15 is 0 Å². The Bertz CT molecular complexity index is 517. The van der Waals surface area contributed by atoms with E-state index in [1.54, 1.807) is 0 Å². The maximum atomic E-state index is 4.24. The molecule has 0 unspecified atom stereocenters. The number of aromatic amines is 1. The number of benzene rings is 1. The Kier molecular flexibility index (Phi) is 3.70. The fourth-order valence-corrected chi connectivity index (χ4v) is 2.48. The molecule has 2 aromatic rings. The van der Waals surface area contributed by atoms with Gasteiger partial charge in [0.05, 0.1) is 6.20 Å². The van der Waals surface area contributed by atoms with Gasteiger partial charge < -0.3 is 10.3 Å². The summed E-state index contributed by atoms with van der Waals surface area (Å²) in [6, 6.07) is 4.52. The second kappa shape index (κ2) is 5.25. The zero-order valence-corrected chi connectivity index (χ0v) is 11.6. The van der Waals surface area contributed by atoms with Crippen LogP contribution in [0.5, 0.6) is 0 Å². The molecule has 0 amide bonds. The van der Waals surface area contributed by atoms with Crippen LogP contribution >= 0.6 is 0 Å². The van der Waals surface area contributed by atoms with Crippen molar-refractivity contribution in [2.24, 2.45) is 0 Å². The van der Waals surface area contributed by atoms with Gasteiger partial charge in [0.1, 0.15) is 0 Å². The summed E-state index contributed by atoms with van der Waals surface area (Å²) >= 11 is 0. The molecule has 0 radical (unpaired) electrons. The largest absolute Gasteiger partial charge is 0.359 e. The second-order valence-corrected chi connectivity index (χ2v) is 4.88. The predicted molar refractivity (Wildman–Crippen MR) is 76.2 cm³/mol. The van der Waals surface area contributed by atoms with Crippen LogP contribution in [0.3, 0.4) is 0 Å². The number of aromatic nitrogens is 2. The lowest BCUT2D eigenvalue weighted by Crippen LogP contribution is -1.99. The van der Waals surface area contributed by atoms with Crippen LogP contribution in [0.2, 0.25) is 0 Å². The zero-order valence-electron chi connectivity index (χ0n) is 11.6. The summed E-state index contributed by atoms with van der Waals surface area (Å²) < 4.78 is 0. The van der Waals surface area contributed by atoms with E-state index in [1.807, 2.05) is 13.2 Å². The quantitative estimate of drug-likeness (QED) is 0.866. The Labute approximate surface area is 109 Å². The summed E-state index contributed by atoms with van der Waals surface area (Å²) in [5.41, 5.74) is 6.76. The monoisotopic (exact) mass is 243 g/mol. The molecule has 2 rings (SSSR count). The third kappa shape index (κ3) is 2.73. The van der Waals surface area contributed by atoms with Crippen molar-refractivity contribution in [2.45, 2.75) is 33.6 Å². The van der Waals surface area contributed by atoms with Gasteiger partial charge >= 0.3 is 0 Å². The summed E-state index contributed by atoms with van der Waals surface area (Å²) in [5.74, 6) is 0.836. The highest BCUT2D eigenvalue weighted by Crippen LogP contribution is 2.18. The predicted octanol–water partition coefficient (Wildman–Crippen LogP) is 3.16. The van der Waals surface area contributed by atoms with Crippen LogP contribution in [0.4, 0.5) is 5.95 Å². The Morgan fingerprint density at radius 2 is 1.78 bits per heavy atom. The van der Waals surface area contributed by atoms with Gasteiger partial charge in [0, 0.05) is 12.7 Å². The fourth-order valence-electron chi connectivity index (χ4n) is 2.48. The van der Waals surface area contributed by atoms with Gasteiger partial charge in [-0.25, -0.2) is 4.98 Å². The molecule has 1 aromatic carbocycles. The van der Waals surface area contributed by atoms with E-state index in [0.717, 1.165) is 18.8 Å². The Hall–Kier alpha value is -1.77. The summed E-state index contributed by atoms with van der Waals surface area (Å²) in [6.07, 6.45) is 3.97. The third-order valence-electron chi connectivity index (χ3n) is 3.35. The van der Waals surface area contributed by atoms with Crippen molar-refractivity contribution >= 4 is 5.95 Å². The maximum absolute atomic E-state index is 4.24. The average Bonchev–Trinajstić information content (AvgIpc) is 2.75. The number of nitrogens with one attached hydrogen (secondary N) is 2. The van der Waals surface area contributed by atoms with Crippen LogP contribution in [-0.4, -0.2) is 17.0 Å². The molecule has 0 atom stereocenters. The van der Waals surface area contributed by atoms with Crippen molar-refractivity contribution in [3.8, 4) is 0 Å². The standard InChI is InChI=1S/C15H21N3/c1-10-7-11(2)14(12(3)8-10)6-5-13-9-17-15(16-4)18-13/h7-9H,5-6H2,1-4H3,(H2,16,17,18). The second-order valence-electron chi connectivity index (χ2n) is 4.88. The summed E-state index contributed by atoms with van der Waals surface area (Å²) in [5, 5.41) is 3.01. The topological polar surface area (TPSA) is 40.7 Å². The number of anilines is 1. The van der Waals surface area contributed by atoms with E-state index in [9.17, 15) is 0 Å². The van der Waals surface area contributed by atoms with Gasteiger partial charge in [0.25, 0.3) is 0 Å². The highest BCUT2D eigenvalue weighted by Gasteiger charge is 2.05. The highest BCUT2D eigenvalue weighted by molar-refractivity contribution is 5.38. The number of imidazole rings is 1. The van der Waals surface area contributed by atoms with Crippen molar-refractivity contribution in [3.05, 3.63) is 46.3 Å². The molecule has 0 aliphatic rings. The molecule has 2 N–H and O–H groups in total. The molecule has 0 aliphatic heterocycles. The maximum Gasteiger partial charge on any atom is 0.200 e. The van der Waals surface area contributed by atoms with E-state index in [2.05, 4.69) is 48.2 Å². The van der Waals surface area contributed by atoms with Gasteiger partial charge in [-0.1, -0.05) is 17.7 Å². The van der Waals surface area contributed by atoms with E-state index < -0.39 is 0 Å². The Balaban J connectivity index is 2.10. The van der Waals surface area contributed by atoms with Crippen LogP contribution in [0.1, 0.15) is 27.9 Å². The SMILES string of the molecule is CNc1ncc(CCc2c(C)cc(C)cc2C)[nH]1. The van der Waals surface area contributed by atoms with Gasteiger partial charge in [0.15, 0.2) is 5.95 Å². The van der Waals surface area contributed by atoms with Gasteiger partial charge in [-0.15, -0.1) is 0 Å². The van der Waals surface area contributed by atoms with E-state index in [0.29, 0.717) is 0 Å². The summed E-state index contributed by atoms with van der Waals surface area (Å²) in [6.45, 7) is 6.54. The summed E-state index contributed by atoms with van der Waals surface area (Å²) in [4.78, 5) is 7.50. The third-order valence-corrected chi connectivity index (χ3v) is 3.35. The minimum absolute atomic E-state index is 0.836. The lowest BCUT2D eigenvalue weighted by atomic mass is 9.96. The smallest absolute Gasteiger partial charge is 0.200 e. The van der Waals surface area contributed by atoms with Crippen LogP contribution in [-0.2, 0) is 12.8 Å². The minimum atomic E-state index is 0.836.